The molecule has 1 atom stereocenters. The van der Waals surface area contributed by atoms with Crippen LogP contribution in [0, 0.1) is 6.92 Å². The molecule has 20 heavy (non-hydrogen) atoms. The molecule has 1 amide bonds. The summed E-state index contributed by atoms with van der Waals surface area (Å²) in [4.78, 5) is 22.0. The van der Waals surface area contributed by atoms with E-state index in [1.54, 1.807) is 11.2 Å². The van der Waals surface area contributed by atoms with E-state index < -0.39 is 0 Å². The van der Waals surface area contributed by atoms with Crippen LogP contribution in [0.3, 0.4) is 0 Å². The Labute approximate surface area is 118 Å². The quantitative estimate of drug-likeness (QED) is 0.906. The summed E-state index contributed by atoms with van der Waals surface area (Å²) in [5.41, 5.74) is 2.12. The molecule has 5 heteroatoms. The number of anilines is 1. The smallest absolute Gasteiger partial charge is 0.222 e. The van der Waals surface area contributed by atoms with Gasteiger partial charge in [0.2, 0.25) is 5.91 Å². The van der Waals surface area contributed by atoms with Crippen LogP contribution in [0.1, 0.15) is 18.4 Å². The van der Waals surface area contributed by atoms with Crippen molar-refractivity contribution in [3.8, 4) is 0 Å². The van der Waals surface area contributed by atoms with Gasteiger partial charge in [-0.05, 0) is 25.0 Å². The van der Waals surface area contributed by atoms with Gasteiger partial charge in [0, 0.05) is 31.4 Å². The molecule has 1 aliphatic heterocycles. The molecule has 0 radical (unpaired) electrons. The molecule has 0 bridgehead atoms. The zero-order chi connectivity index (χ0) is 14.1. The van der Waals surface area contributed by atoms with Crippen LogP contribution in [0.15, 0.2) is 24.5 Å². The Balaban J connectivity index is 1.88. The number of piperidine rings is 1. The fourth-order valence-electron chi connectivity index (χ4n) is 2.67. The highest BCUT2D eigenvalue weighted by Crippen LogP contribution is 2.23. The summed E-state index contributed by atoms with van der Waals surface area (Å²) in [7, 11) is 1.85. The molecule has 1 N–H and O–H groups in total. The number of nitrogens with zero attached hydrogens (tertiary/aromatic N) is 3. The number of likely N-dealkylation sites (N-methyl/N-ethyl adjacent to an activating group) is 1. The molecule has 5 nitrogen and oxygen atoms in total. The van der Waals surface area contributed by atoms with Crippen LogP contribution in [0.2, 0.25) is 0 Å². The highest BCUT2D eigenvalue weighted by atomic mass is 16.2. The van der Waals surface area contributed by atoms with Crippen LogP contribution in [-0.4, -0.2) is 40.4 Å². The first kappa shape index (κ1) is 12.8. The molecule has 1 aromatic carbocycles. The van der Waals surface area contributed by atoms with Crippen molar-refractivity contribution < 1.29 is 4.79 Å². The predicted molar refractivity (Wildman–Crippen MR) is 78.6 cm³/mol. The van der Waals surface area contributed by atoms with Crippen molar-refractivity contribution in [1.29, 1.82) is 0 Å². The van der Waals surface area contributed by atoms with E-state index in [0.29, 0.717) is 6.42 Å². The SMILES string of the molecule is Cc1cccc2c(NC3CCC(=O)N(C)C3)ncnc12. The largest absolute Gasteiger partial charge is 0.365 e. The number of rotatable bonds is 2. The van der Waals surface area contributed by atoms with E-state index in [9.17, 15) is 4.79 Å². The maximum absolute atomic E-state index is 11.5. The summed E-state index contributed by atoms with van der Waals surface area (Å²) in [6, 6.07) is 6.34. The van der Waals surface area contributed by atoms with Gasteiger partial charge in [-0.1, -0.05) is 12.1 Å². The number of carbonyl (C=O) groups is 1. The summed E-state index contributed by atoms with van der Waals surface area (Å²) in [5, 5.41) is 4.49. The van der Waals surface area contributed by atoms with Crippen molar-refractivity contribution in [3.05, 3.63) is 30.1 Å². The van der Waals surface area contributed by atoms with Crippen LogP contribution in [-0.2, 0) is 4.79 Å². The molecule has 1 unspecified atom stereocenters. The molecule has 0 aliphatic carbocycles. The number of benzene rings is 1. The summed E-state index contributed by atoms with van der Waals surface area (Å²) in [6.45, 7) is 2.77. The number of aromatic nitrogens is 2. The predicted octanol–water partition coefficient (Wildman–Crippen LogP) is 1.97. The molecule has 0 spiro atoms. The summed E-state index contributed by atoms with van der Waals surface area (Å²) in [5.74, 6) is 1.07. The van der Waals surface area contributed by atoms with E-state index in [2.05, 4.69) is 15.3 Å². The van der Waals surface area contributed by atoms with E-state index in [1.165, 1.54) is 0 Å². The zero-order valence-electron chi connectivity index (χ0n) is 11.8. The molecule has 2 aromatic rings. The minimum absolute atomic E-state index is 0.214. The Hall–Kier alpha value is -2.17. The Morgan fingerprint density at radius 3 is 3.00 bits per heavy atom. The van der Waals surface area contributed by atoms with Crippen LogP contribution in [0.4, 0.5) is 5.82 Å². The summed E-state index contributed by atoms with van der Waals surface area (Å²) in [6.07, 6.45) is 3.03. The number of carbonyl (C=O) groups excluding carboxylic acids is 1. The van der Waals surface area contributed by atoms with Gasteiger partial charge in [-0.3, -0.25) is 4.79 Å². The van der Waals surface area contributed by atoms with Crippen molar-refractivity contribution in [2.75, 3.05) is 18.9 Å². The van der Waals surface area contributed by atoms with E-state index in [4.69, 9.17) is 0 Å². The third kappa shape index (κ3) is 2.31. The van der Waals surface area contributed by atoms with E-state index in [1.807, 2.05) is 32.2 Å². The minimum Gasteiger partial charge on any atom is -0.365 e. The Bertz CT molecular complexity index is 655. The molecule has 0 saturated carbocycles. The van der Waals surface area contributed by atoms with Gasteiger partial charge in [-0.15, -0.1) is 0 Å². The minimum atomic E-state index is 0.214. The lowest BCUT2D eigenvalue weighted by Crippen LogP contribution is -2.43. The van der Waals surface area contributed by atoms with E-state index >= 15 is 0 Å². The van der Waals surface area contributed by atoms with Crippen LogP contribution in [0.5, 0.6) is 0 Å². The molecular formula is C15H18N4O. The maximum atomic E-state index is 11.5. The van der Waals surface area contributed by atoms with Crippen LogP contribution in [0.25, 0.3) is 10.9 Å². The average Bonchev–Trinajstić information content (AvgIpc) is 2.44. The average molecular weight is 270 g/mol. The van der Waals surface area contributed by atoms with Gasteiger partial charge in [0.25, 0.3) is 0 Å². The Morgan fingerprint density at radius 2 is 2.20 bits per heavy atom. The van der Waals surface area contributed by atoms with Crippen molar-refractivity contribution >= 4 is 22.6 Å². The van der Waals surface area contributed by atoms with Gasteiger partial charge < -0.3 is 10.2 Å². The molecule has 104 valence electrons. The fourth-order valence-corrected chi connectivity index (χ4v) is 2.67. The second kappa shape index (κ2) is 5.07. The van der Waals surface area contributed by atoms with Gasteiger partial charge in [0.1, 0.15) is 12.1 Å². The fraction of sp³-hybridized carbons (Fsp3) is 0.400. The monoisotopic (exact) mass is 270 g/mol. The van der Waals surface area contributed by atoms with Gasteiger partial charge in [-0.25, -0.2) is 9.97 Å². The van der Waals surface area contributed by atoms with Gasteiger partial charge in [0.15, 0.2) is 0 Å². The lowest BCUT2D eigenvalue weighted by Gasteiger charge is -2.30. The normalized spacial score (nSPS) is 19.4. The highest BCUT2D eigenvalue weighted by Gasteiger charge is 2.23. The molecule has 3 rings (SSSR count). The van der Waals surface area contributed by atoms with E-state index in [0.717, 1.165) is 35.2 Å². The van der Waals surface area contributed by atoms with Crippen molar-refractivity contribution in [2.45, 2.75) is 25.8 Å². The first-order valence-electron chi connectivity index (χ1n) is 6.86. The van der Waals surface area contributed by atoms with E-state index in [-0.39, 0.29) is 11.9 Å². The molecule has 1 aromatic heterocycles. The summed E-state index contributed by atoms with van der Waals surface area (Å²) < 4.78 is 0. The van der Waals surface area contributed by atoms with Crippen LogP contribution >= 0.6 is 0 Å². The lowest BCUT2D eigenvalue weighted by molar-refractivity contribution is -0.132. The van der Waals surface area contributed by atoms with Gasteiger partial charge in [-0.2, -0.15) is 0 Å². The van der Waals surface area contributed by atoms with Crippen LogP contribution < -0.4 is 5.32 Å². The standard InChI is InChI=1S/C15H18N4O/c1-10-4-3-5-12-14(10)16-9-17-15(12)18-11-6-7-13(20)19(2)8-11/h3-5,9,11H,6-8H2,1-2H3,(H,16,17,18). The molecule has 1 fully saturated rings. The number of aryl methyl sites for hydroxylation is 1. The van der Waals surface area contributed by atoms with Crippen molar-refractivity contribution in [3.63, 3.8) is 0 Å². The van der Waals surface area contributed by atoms with Crippen molar-refractivity contribution in [2.24, 2.45) is 0 Å². The Morgan fingerprint density at radius 1 is 1.35 bits per heavy atom. The first-order chi connectivity index (χ1) is 9.65. The second-order valence-electron chi connectivity index (χ2n) is 5.35. The number of fused-ring (bicyclic) bond motifs is 1. The third-order valence-electron chi connectivity index (χ3n) is 3.83. The second-order valence-corrected chi connectivity index (χ2v) is 5.35. The molecule has 1 aliphatic rings. The van der Waals surface area contributed by atoms with Gasteiger partial charge in [0.05, 0.1) is 5.52 Å². The van der Waals surface area contributed by atoms with Crippen molar-refractivity contribution in [1.82, 2.24) is 14.9 Å². The number of hydrogen-bond acceptors (Lipinski definition) is 4. The number of para-hydroxylation sites is 1. The maximum Gasteiger partial charge on any atom is 0.222 e. The molecule has 1 saturated heterocycles. The highest BCUT2D eigenvalue weighted by molar-refractivity contribution is 5.91. The molecular weight excluding hydrogens is 252 g/mol. The number of amides is 1. The topological polar surface area (TPSA) is 58.1 Å². The Kier molecular flexibility index (Phi) is 3.26. The lowest BCUT2D eigenvalue weighted by atomic mass is 10.1. The number of nitrogens with one attached hydrogen (secondary N) is 1. The first-order valence-corrected chi connectivity index (χ1v) is 6.86. The number of likely N-dealkylation sites (tertiary alicyclic amines) is 1. The summed E-state index contributed by atoms with van der Waals surface area (Å²) >= 11 is 0. The number of hydrogen-bond donors (Lipinski definition) is 1. The zero-order valence-corrected chi connectivity index (χ0v) is 11.8. The third-order valence-corrected chi connectivity index (χ3v) is 3.83. The van der Waals surface area contributed by atoms with Gasteiger partial charge >= 0.3 is 0 Å². The molecule has 2 heterocycles.